The van der Waals surface area contributed by atoms with Gasteiger partial charge in [-0.25, -0.2) is 4.98 Å². The molecule has 0 saturated heterocycles. The quantitative estimate of drug-likeness (QED) is 0.754. The summed E-state index contributed by atoms with van der Waals surface area (Å²) in [7, 11) is 0. The molecule has 1 aromatic heterocycles. The average molecular weight is 204 g/mol. The van der Waals surface area contributed by atoms with Crippen molar-refractivity contribution in [3.8, 4) is 11.6 Å². The van der Waals surface area contributed by atoms with Gasteiger partial charge in [-0.3, -0.25) is 0 Å². The maximum absolute atomic E-state index is 13.4. The summed E-state index contributed by atoms with van der Waals surface area (Å²) in [6.45, 7) is 1.56. The lowest BCUT2D eigenvalue weighted by Gasteiger charge is -2.05. The summed E-state index contributed by atoms with van der Waals surface area (Å²) >= 11 is 0. The zero-order valence-corrected chi connectivity index (χ0v) is 8.14. The molecule has 15 heavy (non-hydrogen) atoms. The fourth-order valence-corrected chi connectivity index (χ4v) is 1.11. The van der Waals surface area contributed by atoms with Gasteiger partial charge in [-0.1, -0.05) is 18.2 Å². The van der Waals surface area contributed by atoms with Gasteiger partial charge in [0, 0.05) is 0 Å². The Balaban J connectivity index is 2.29. The molecule has 0 spiro atoms. The van der Waals surface area contributed by atoms with Crippen LogP contribution >= 0.6 is 0 Å². The highest BCUT2D eigenvalue weighted by molar-refractivity contribution is 5.27. The Hall–Kier alpha value is -1.97. The number of hydrogen-bond acceptors (Lipinski definition) is 3. The molecule has 76 valence electrons. The molecule has 2 aromatic rings. The summed E-state index contributed by atoms with van der Waals surface area (Å²) in [6.07, 6.45) is 1.27. The van der Waals surface area contributed by atoms with Crippen molar-refractivity contribution in [3.05, 3.63) is 48.2 Å². The smallest absolute Gasteiger partial charge is 0.259 e. The van der Waals surface area contributed by atoms with E-state index in [0.29, 0.717) is 5.75 Å². The highest BCUT2D eigenvalue weighted by atomic mass is 19.1. The average Bonchev–Trinajstić information content (AvgIpc) is 2.26. The minimum absolute atomic E-state index is 0.0475. The Labute approximate surface area is 86.6 Å². The molecule has 3 nitrogen and oxygen atoms in total. The molecule has 2 rings (SSSR count). The Morgan fingerprint density at radius 3 is 2.60 bits per heavy atom. The van der Waals surface area contributed by atoms with E-state index in [4.69, 9.17) is 4.74 Å². The van der Waals surface area contributed by atoms with Crippen molar-refractivity contribution in [2.75, 3.05) is 0 Å². The molecule has 0 unspecified atom stereocenters. The fourth-order valence-electron chi connectivity index (χ4n) is 1.11. The van der Waals surface area contributed by atoms with E-state index in [9.17, 15) is 4.39 Å². The van der Waals surface area contributed by atoms with E-state index >= 15 is 0 Å². The molecule has 0 aliphatic carbocycles. The highest BCUT2D eigenvalue weighted by Gasteiger charge is 2.09. The third kappa shape index (κ3) is 2.10. The molecule has 0 N–H and O–H groups in total. The largest absolute Gasteiger partial charge is 0.436 e. The second kappa shape index (κ2) is 4.04. The van der Waals surface area contributed by atoms with Crippen LogP contribution in [0, 0.1) is 12.7 Å². The first-order chi connectivity index (χ1) is 7.27. The van der Waals surface area contributed by atoms with E-state index in [1.807, 2.05) is 6.07 Å². The van der Waals surface area contributed by atoms with Crippen molar-refractivity contribution >= 4 is 0 Å². The normalized spacial score (nSPS) is 10.0. The highest BCUT2D eigenvalue weighted by Crippen LogP contribution is 2.21. The minimum Gasteiger partial charge on any atom is -0.436 e. The lowest BCUT2D eigenvalue weighted by molar-refractivity contribution is 0.417. The number of halogens is 1. The number of hydrogen-bond donors (Lipinski definition) is 0. The lowest BCUT2D eigenvalue weighted by atomic mass is 10.3. The van der Waals surface area contributed by atoms with Gasteiger partial charge < -0.3 is 4.74 Å². The van der Waals surface area contributed by atoms with Gasteiger partial charge in [-0.05, 0) is 19.1 Å². The van der Waals surface area contributed by atoms with Crippen molar-refractivity contribution < 1.29 is 9.13 Å². The van der Waals surface area contributed by atoms with Crippen LogP contribution in [-0.4, -0.2) is 9.97 Å². The van der Waals surface area contributed by atoms with Crippen LogP contribution in [0.1, 0.15) is 5.69 Å². The molecular formula is C11H9FN2O. The molecule has 0 aliphatic heterocycles. The van der Waals surface area contributed by atoms with Gasteiger partial charge in [0.2, 0.25) is 5.82 Å². The zero-order chi connectivity index (χ0) is 10.7. The van der Waals surface area contributed by atoms with Gasteiger partial charge in [0.1, 0.15) is 12.1 Å². The third-order valence-electron chi connectivity index (χ3n) is 1.89. The van der Waals surface area contributed by atoms with Crippen LogP contribution in [0.15, 0.2) is 36.7 Å². The Kier molecular flexibility index (Phi) is 2.58. The van der Waals surface area contributed by atoms with Gasteiger partial charge in [0.25, 0.3) is 5.88 Å². The first-order valence-electron chi connectivity index (χ1n) is 4.47. The molecule has 1 heterocycles. The third-order valence-corrected chi connectivity index (χ3v) is 1.89. The number of aromatic nitrogens is 2. The summed E-state index contributed by atoms with van der Waals surface area (Å²) in [5.74, 6) is -0.0236. The molecule has 4 heteroatoms. The summed E-state index contributed by atoms with van der Waals surface area (Å²) < 4.78 is 18.7. The number of aryl methyl sites for hydroxylation is 1. The van der Waals surface area contributed by atoms with E-state index in [1.54, 1.807) is 31.2 Å². The molecule has 0 bridgehead atoms. The molecule has 0 amide bonds. The van der Waals surface area contributed by atoms with Crippen LogP contribution in [0.25, 0.3) is 0 Å². The summed E-state index contributed by atoms with van der Waals surface area (Å²) in [4.78, 5) is 7.44. The van der Waals surface area contributed by atoms with Crippen molar-refractivity contribution in [3.63, 3.8) is 0 Å². The van der Waals surface area contributed by atoms with Gasteiger partial charge in [0.15, 0.2) is 0 Å². The Morgan fingerprint density at radius 1 is 1.13 bits per heavy atom. The first-order valence-corrected chi connectivity index (χ1v) is 4.47. The monoisotopic (exact) mass is 204 g/mol. The SMILES string of the molecule is Cc1ncnc(Oc2ccccc2)c1F. The number of rotatable bonds is 2. The second-order valence-corrected chi connectivity index (χ2v) is 2.99. The predicted octanol–water partition coefficient (Wildman–Crippen LogP) is 2.72. The van der Waals surface area contributed by atoms with Crippen LogP contribution in [0.5, 0.6) is 11.6 Å². The molecular weight excluding hydrogens is 195 g/mol. The topological polar surface area (TPSA) is 35.0 Å². The van der Waals surface area contributed by atoms with E-state index in [-0.39, 0.29) is 11.6 Å². The van der Waals surface area contributed by atoms with E-state index in [1.165, 1.54) is 6.33 Å². The standard InChI is InChI=1S/C11H9FN2O/c1-8-10(12)11(14-7-13-8)15-9-5-3-2-4-6-9/h2-7H,1H3. The Bertz CT molecular complexity index is 459. The van der Waals surface area contributed by atoms with Gasteiger partial charge in [-0.2, -0.15) is 9.37 Å². The predicted molar refractivity (Wildman–Crippen MR) is 53.2 cm³/mol. The first kappa shape index (κ1) is 9.58. The number of para-hydroxylation sites is 1. The van der Waals surface area contributed by atoms with Crippen LogP contribution in [0.4, 0.5) is 4.39 Å². The van der Waals surface area contributed by atoms with Gasteiger partial charge >= 0.3 is 0 Å². The maximum atomic E-state index is 13.4. The number of nitrogens with zero attached hydrogens (tertiary/aromatic N) is 2. The summed E-state index contributed by atoms with van der Waals surface area (Å²) in [5.41, 5.74) is 0.274. The molecule has 0 radical (unpaired) electrons. The van der Waals surface area contributed by atoms with Crippen molar-refractivity contribution in [1.82, 2.24) is 9.97 Å². The van der Waals surface area contributed by atoms with E-state index in [0.717, 1.165) is 0 Å². The minimum atomic E-state index is -0.527. The molecule has 0 saturated carbocycles. The number of ether oxygens (including phenoxy) is 1. The van der Waals surface area contributed by atoms with Crippen LogP contribution in [-0.2, 0) is 0 Å². The molecule has 1 aromatic carbocycles. The van der Waals surface area contributed by atoms with E-state index < -0.39 is 5.82 Å². The second-order valence-electron chi connectivity index (χ2n) is 2.99. The van der Waals surface area contributed by atoms with Crippen molar-refractivity contribution in [1.29, 1.82) is 0 Å². The van der Waals surface area contributed by atoms with Crippen molar-refractivity contribution in [2.45, 2.75) is 6.92 Å². The fraction of sp³-hybridized carbons (Fsp3) is 0.0909. The summed E-state index contributed by atoms with van der Waals surface area (Å²) in [5, 5.41) is 0. The van der Waals surface area contributed by atoms with Gasteiger partial charge in [-0.15, -0.1) is 0 Å². The van der Waals surface area contributed by atoms with Crippen LogP contribution in [0.2, 0.25) is 0 Å². The van der Waals surface area contributed by atoms with Crippen molar-refractivity contribution in [2.24, 2.45) is 0 Å². The van der Waals surface area contributed by atoms with Crippen LogP contribution in [0.3, 0.4) is 0 Å². The van der Waals surface area contributed by atoms with Gasteiger partial charge in [0.05, 0.1) is 5.69 Å². The van der Waals surface area contributed by atoms with Crippen LogP contribution < -0.4 is 4.74 Å². The van der Waals surface area contributed by atoms with E-state index in [2.05, 4.69) is 9.97 Å². The maximum Gasteiger partial charge on any atom is 0.259 e. The molecule has 0 fully saturated rings. The number of benzene rings is 1. The molecule has 0 atom stereocenters. The lowest BCUT2D eigenvalue weighted by Crippen LogP contribution is -1.96. The summed E-state index contributed by atoms with van der Waals surface area (Å²) in [6, 6.07) is 8.94. The Morgan fingerprint density at radius 2 is 1.87 bits per heavy atom. The molecule has 0 aliphatic rings. The zero-order valence-electron chi connectivity index (χ0n) is 8.14.